The molecule has 0 aromatic heterocycles. The summed E-state index contributed by atoms with van der Waals surface area (Å²) in [5.74, 6) is 0.920. The summed E-state index contributed by atoms with van der Waals surface area (Å²) < 4.78 is 44.9. The zero-order valence-electron chi connectivity index (χ0n) is 23.5. The van der Waals surface area contributed by atoms with Crippen molar-refractivity contribution in [1.29, 1.82) is 0 Å². The highest BCUT2D eigenvalue weighted by Crippen LogP contribution is 2.29. The van der Waals surface area contributed by atoms with Crippen molar-refractivity contribution in [3.05, 3.63) is 53.6 Å². The Hall–Kier alpha value is -2.73. The molecule has 2 aromatic rings. The third kappa shape index (κ3) is 13.1. The van der Waals surface area contributed by atoms with Gasteiger partial charge in [0.2, 0.25) is 0 Å². The molecule has 1 N–H and O–H groups in total. The number of fused-ring (bicyclic) bond motifs is 1. The van der Waals surface area contributed by atoms with Crippen LogP contribution in [0.4, 0.5) is 0 Å². The van der Waals surface area contributed by atoms with Gasteiger partial charge in [-0.2, -0.15) is 0 Å². The first-order valence-corrected chi connectivity index (χ1v) is 14.1. The minimum Gasteiger partial charge on any atom is -0.487 e. The fourth-order valence-electron chi connectivity index (χ4n) is 3.65. The molecule has 10 nitrogen and oxygen atoms in total. The van der Waals surface area contributed by atoms with E-state index < -0.39 is 5.97 Å². The fourth-order valence-corrected chi connectivity index (χ4v) is 3.65. The number of rotatable bonds is 7. The number of esters is 1. The number of carbonyl (C=O) groups excluding carboxylic acids is 1. The van der Waals surface area contributed by atoms with Gasteiger partial charge >= 0.3 is 5.97 Å². The smallest absolute Gasteiger partial charge is 0.343 e. The number of hydrogen-bond donors (Lipinski definition) is 1. The van der Waals surface area contributed by atoms with E-state index in [9.17, 15) is 4.79 Å². The quantitative estimate of drug-likeness (QED) is 0.306. The topological polar surface area (TPSA) is 103 Å². The van der Waals surface area contributed by atoms with E-state index in [0.717, 1.165) is 31.5 Å². The summed E-state index contributed by atoms with van der Waals surface area (Å²) in [6.07, 6.45) is 2.30. The Morgan fingerprint density at radius 3 is 1.77 bits per heavy atom. The van der Waals surface area contributed by atoms with Crippen LogP contribution >= 0.6 is 0 Å². The first-order chi connectivity index (χ1) is 19.8. The monoisotopic (exact) mass is 561 g/mol. The summed E-state index contributed by atoms with van der Waals surface area (Å²) in [6, 6.07) is 12.5. The van der Waals surface area contributed by atoms with Crippen LogP contribution in [0.1, 0.15) is 35.7 Å². The van der Waals surface area contributed by atoms with Gasteiger partial charge in [0.25, 0.3) is 0 Å². The Labute approximate surface area is 237 Å². The molecule has 0 saturated carbocycles. The molecule has 0 spiro atoms. The van der Waals surface area contributed by atoms with Gasteiger partial charge in [0.05, 0.1) is 71.6 Å². The van der Waals surface area contributed by atoms with Crippen LogP contribution in [0.3, 0.4) is 0 Å². The molecule has 222 valence electrons. The molecule has 0 radical (unpaired) electrons. The van der Waals surface area contributed by atoms with Gasteiger partial charge in [-0.1, -0.05) is 25.5 Å². The van der Waals surface area contributed by atoms with E-state index >= 15 is 0 Å². The Morgan fingerprint density at radius 1 is 0.700 bits per heavy atom. The number of unbranched alkanes of at least 4 members (excludes halogenated alkanes) is 1. The van der Waals surface area contributed by atoms with Crippen LogP contribution in [-0.2, 0) is 30.2 Å². The van der Waals surface area contributed by atoms with Crippen molar-refractivity contribution in [1.82, 2.24) is 5.32 Å². The van der Waals surface area contributed by atoms with Crippen LogP contribution < -0.4 is 19.5 Å². The second-order valence-corrected chi connectivity index (χ2v) is 8.98. The van der Waals surface area contributed by atoms with Gasteiger partial charge in [0.1, 0.15) is 19.0 Å². The van der Waals surface area contributed by atoms with E-state index in [1.807, 2.05) is 12.1 Å². The van der Waals surface area contributed by atoms with Gasteiger partial charge in [0.15, 0.2) is 11.5 Å². The molecule has 1 heterocycles. The lowest BCUT2D eigenvalue weighted by Crippen LogP contribution is -2.15. The van der Waals surface area contributed by atoms with Gasteiger partial charge in [-0.3, -0.25) is 0 Å². The summed E-state index contributed by atoms with van der Waals surface area (Å²) in [5, 5.41) is 3.40. The second-order valence-electron chi connectivity index (χ2n) is 8.98. The maximum absolute atomic E-state index is 12.9. The third-order valence-electron chi connectivity index (χ3n) is 5.81. The zero-order valence-corrected chi connectivity index (χ0v) is 23.5. The number of carbonyl (C=O) groups is 1. The molecule has 0 aliphatic carbocycles. The van der Waals surface area contributed by atoms with Crippen molar-refractivity contribution in [2.45, 2.75) is 26.3 Å². The zero-order chi connectivity index (χ0) is 28.1. The summed E-state index contributed by atoms with van der Waals surface area (Å²) in [4.78, 5) is 12.9. The predicted molar refractivity (Wildman–Crippen MR) is 150 cm³/mol. The van der Waals surface area contributed by atoms with Crippen molar-refractivity contribution < 1.29 is 42.7 Å². The van der Waals surface area contributed by atoms with E-state index in [1.165, 1.54) is 0 Å². The fraction of sp³-hybridized carbons (Fsp3) is 0.567. The van der Waals surface area contributed by atoms with E-state index in [-0.39, 0.29) is 6.61 Å². The first-order valence-electron chi connectivity index (χ1n) is 14.1. The lowest BCUT2D eigenvalue weighted by atomic mass is 10.2. The Kier molecular flexibility index (Phi) is 16.0. The van der Waals surface area contributed by atoms with E-state index in [0.29, 0.717) is 95.5 Å². The van der Waals surface area contributed by atoms with Gasteiger partial charge in [0, 0.05) is 6.54 Å². The van der Waals surface area contributed by atoms with Crippen LogP contribution in [0.25, 0.3) is 0 Å². The standard InChI is InChI=1S/C30H43NO9/c1-2-3-10-31-24-25-4-7-27(8-5-25)40-30(32)26-6-9-28-29(23-26)39-22-20-37-18-16-35-14-12-33-11-13-34-15-17-36-19-21-38-28/h4-9,23,31H,2-3,10-22,24H2,1H3. The molecule has 0 unspecified atom stereocenters. The molecule has 0 amide bonds. The van der Waals surface area contributed by atoms with Gasteiger partial charge in [-0.05, 0) is 48.9 Å². The van der Waals surface area contributed by atoms with Crippen molar-refractivity contribution in [2.75, 3.05) is 85.8 Å². The summed E-state index contributed by atoms with van der Waals surface area (Å²) >= 11 is 0. The van der Waals surface area contributed by atoms with Crippen LogP contribution in [0.15, 0.2) is 42.5 Å². The highest BCUT2D eigenvalue weighted by atomic mass is 16.6. The predicted octanol–water partition coefficient (Wildman–Crippen LogP) is 3.65. The molecule has 1 aliphatic heterocycles. The van der Waals surface area contributed by atoms with Gasteiger partial charge in [-0.25, -0.2) is 4.79 Å². The van der Waals surface area contributed by atoms with Crippen molar-refractivity contribution in [3.63, 3.8) is 0 Å². The van der Waals surface area contributed by atoms with E-state index in [1.54, 1.807) is 30.3 Å². The minimum absolute atomic E-state index is 0.277. The Morgan fingerprint density at radius 2 is 1.23 bits per heavy atom. The van der Waals surface area contributed by atoms with Gasteiger partial charge in [-0.15, -0.1) is 0 Å². The average Bonchev–Trinajstić information content (AvgIpc) is 2.97. The molecule has 40 heavy (non-hydrogen) atoms. The molecule has 0 bridgehead atoms. The second kappa shape index (κ2) is 20.2. The highest BCUT2D eigenvalue weighted by molar-refractivity contribution is 5.91. The van der Waals surface area contributed by atoms with Gasteiger partial charge < -0.3 is 43.2 Å². The van der Waals surface area contributed by atoms with Crippen LogP contribution in [-0.4, -0.2) is 91.8 Å². The molecular weight excluding hydrogens is 518 g/mol. The normalized spacial score (nSPS) is 16.9. The first kappa shape index (κ1) is 31.8. The van der Waals surface area contributed by atoms with Crippen LogP contribution in [0.5, 0.6) is 17.2 Å². The number of ether oxygens (including phenoxy) is 8. The maximum atomic E-state index is 12.9. The number of benzene rings is 2. The maximum Gasteiger partial charge on any atom is 0.343 e. The van der Waals surface area contributed by atoms with E-state index in [4.69, 9.17) is 37.9 Å². The molecule has 1 aliphatic rings. The lowest BCUT2D eigenvalue weighted by Gasteiger charge is -2.14. The minimum atomic E-state index is -0.483. The summed E-state index contributed by atoms with van der Waals surface area (Å²) in [6.45, 7) is 9.09. The average molecular weight is 562 g/mol. The number of hydrogen-bond acceptors (Lipinski definition) is 10. The van der Waals surface area contributed by atoms with Crippen molar-refractivity contribution in [3.8, 4) is 17.2 Å². The van der Waals surface area contributed by atoms with Crippen LogP contribution in [0.2, 0.25) is 0 Å². The Balaban J connectivity index is 1.55. The molecule has 2 aromatic carbocycles. The van der Waals surface area contributed by atoms with E-state index in [2.05, 4.69) is 12.2 Å². The molecule has 10 heteroatoms. The van der Waals surface area contributed by atoms with Crippen molar-refractivity contribution in [2.24, 2.45) is 0 Å². The largest absolute Gasteiger partial charge is 0.487 e. The molecular formula is C30H43NO9. The molecule has 0 atom stereocenters. The summed E-state index contributed by atoms with van der Waals surface area (Å²) in [7, 11) is 0. The Bertz CT molecular complexity index is 955. The molecule has 0 saturated heterocycles. The summed E-state index contributed by atoms with van der Waals surface area (Å²) in [5.41, 5.74) is 1.48. The van der Waals surface area contributed by atoms with Crippen LogP contribution in [0, 0.1) is 0 Å². The molecule has 0 fully saturated rings. The number of nitrogens with one attached hydrogen (secondary N) is 1. The highest BCUT2D eigenvalue weighted by Gasteiger charge is 2.14. The lowest BCUT2D eigenvalue weighted by molar-refractivity contribution is -0.0134. The third-order valence-corrected chi connectivity index (χ3v) is 5.81. The molecule has 3 rings (SSSR count). The van der Waals surface area contributed by atoms with Crippen molar-refractivity contribution >= 4 is 5.97 Å². The SMILES string of the molecule is CCCCNCc1ccc(OC(=O)c2ccc3c(c2)OCCOCCOCCOCCOCCOCCO3)cc1.